The van der Waals surface area contributed by atoms with Crippen molar-refractivity contribution in [3.63, 3.8) is 0 Å². The summed E-state index contributed by atoms with van der Waals surface area (Å²) in [6.45, 7) is 0. The molecule has 0 saturated carbocycles. The molecule has 2 rings (SSSR count). The highest BCUT2D eigenvalue weighted by Crippen LogP contribution is 2.33. The van der Waals surface area contributed by atoms with Crippen LogP contribution < -0.4 is 9.47 Å². The van der Waals surface area contributed by atoms with Crippen LogP contribution in [0.15, 0.2) is 52.3 Å². The van der Waals surface area contributed by atoms with E-state index in [0.29, 0.717) is 22.0 Å². The Hall–Kier alpha value is -3.00. The molecule has 8 heteroatoms. The number of thioether (sulfide) groups is 1. The zero-order valence-corrected chi connectivity index (χ0v) is 14.3. The molecule has 0 aliphatic carbocycles. The Labute approximate surface area is 148 Å². The molecule has 7 nitrogen and oxygen atoms in total. The molecule has 130 valence electrons. The van der Waals surface area contributed by atoms with Gasteiger partial charge in [-0.1, -0.05) is 11.8 Å². The fraction of sp³-hybridized carbons (Fsp3) is 0.118. The number of nitro groups is 1. The van der Waals surface area contributed by atoms with Crippen LogP contribution in [0.1, 0.15) is 5.56 Å². The highest BCUT2D eigenvalue weighted by molar-refractivity contribution is 8.04. The van der Waals surface area contributed by atoms with Gasteiger partial charge in [0, 0.05) is 28.7 Å². The van der Waals surface area contributed by atoms with Crippen molar-refractivity contribution in [1.82, 2.24) is 0 Å². The first kappa shape index (κ1) is 18.3. The molecule has 25 heavy (non-hydrogen) atoms. The van der Waals surface area contributed by atoms with Crippen LogP contribution in [-0.4, -0.2) is 30.2 Å². The largest absolute Gasteiger partial charge is 0.497 e. The van der Waals surface area contributed by atoms with Crippen molar-refractivity contribution in [2.24, 2.45) is 0 Å². The number of benzene rings is 2. The third kappa shape index (κ3) is 4.74. The summed E-state index contributed by atoms with van der Waals surface area (Å²) in [5.41, 5.74) is 0.525. The minimum absolute atomic E-state index is 0.0531. The normalized spacial score (nSPS) is 11.0. The number of nitro benzene ring substituents is 1. The summed E-state index contributed by atoms with van der Waals surface area (Å²) in [5, 5.41) is 20.1. The van der Waals surface area contributed by atoms with Gasteiger partial charge in [0.2, 0.25) is 0 Å². The number of hydrogen-bond donors (Lipinski definition) is 1. The van der Waals surface area contributed by atoms with Gasteiger partial charge in [-0.3, -0.25) is 10.1 Å². The summed E-state index contributed by atoms with van der Waals surface area (Å²) >= 11 is 0.993. The molecule has 0 saturated heterocycles. The van der Waals surface area contributed by atoms with Crippen molar-refractivity contribution in [2.75, 3.05) is 14.2 Å². The molecular weight excluding hydrogens is 346 g/mol. The van der Waals surface area contributed by atoms with Gasteiger partial charge in [-0.15, -0.1) is 0 Å². The monoisotopic (exact) mass is 361 g/mol. The van der Waals surface area contributed by atoms with Crippen LogP contribution in [0.5, 0.6) is 11.5 Å². The molecule has 0 aromatic heterocycles. The number of carbonyl (C=O) groups is 1. The smallest absolute Gasteiger partial charge is 0.342 e. The topological polar surface area (TPSA) is 98.9 Å². The molecule has 0 spiro atoms. The lowest BCUT2D eigenvalue weighted by Crippen LogP contribution is -1.98. The van der Waals surface area contributed by atoms with Gasteiger partial charge in [-0.05, 0) is 30.3 Å². The maximum Gasteiger partial charge on any atom is 0.342 e. The fourth-order valence-corrected chi connectivity index (χ4v) is 2.78. The van der Waals surface area contributed by atoms with E-state index in [-0.39, 0.29) is 10.6 Å². The number of carboxylic acids is 1. The Morgan fingerprint density at radius 3 is 2.36 bits per heavy atom. The minimum atomic E-state index is -1.11. The summed E-state index contributed by atoms with van der Waals surface area (Å²) in [6, 6.07) is 10.7. The predicted octanol–water partition coefficient (Wildman–Crippen LogP) is 3.83. The number of nitrogens with zero attached hydrogens (tertiary/aromatic N) is 1. The van der Waals surface area contributed by atoms with E-state index in [0.717, 1.165) is 11.8 Å². The summed E-state index contributed by atoms with van der Waals surface area (Å²) < 4.78 is 10.4. The Kier molecular flexibility index (Phi) is 6.02. The zero-order valence-electron chi connectivity index (χ0n) is 13.5. The predicted molar refractivity (Wildman–Crippen MR) is 94.1 cm³/mol. The van der Waals surface area contributed by atoms with Gasteiger partial charge in [-0.25, -0.2) is 4.79 Å². The second-order valence-electron chi connectivity index (χ2n) is 4.77. The third-order valence-corrected chi connectivity index (χ3v) is 4.23. The van der Waals surface area contributed by atoms with E-state index in [1.54, 1.807) is 18.2 Å². The zero-order chi connectivity index (χ0) is 18.4. The van der Waals surface area contributed by atoms with E-state index in [1.165, 1.54) is 44.6 Å². The summed E-state index contributed by atoms with van der Waals surface area (Å²) in [5.74, 6) is -0.0440. The number of ether oxygens (including phenoxy) is 2. The van der Waals surface area contributed by atoms with Crippen molar-refractivity contribution < 1.29 is 24.3 Å². The number of hydrogen-bond acceptors (Lipinski definition) is 6. The molecule has 0 aliphatic heterocycles. The van der Waals surface area contributed by atoms with Gasteiger partial charge in [0.1, 0.15) is 11.5 Å². The first-order valence-corrected chi connectivity index (χ1v) is 7.85. The van der Waals surface area contributed by atoms with Crippen LogP contribution >= 0.6 is 11.8 Å². The minimum Gasteiger partial charge on any atom is -0.497 e. The lowest BCUT2D eigenvalue weighted by molar-refractivity contribution is -0.384. The molecule has 0 aliphatic rings. The SMILES string of the molecule is COc1ccc(/C=C(/Sc2ccc([N+](=O)[O-])cc2)C(=O)O)c(OC)c1. The molecule has 1 N–H and O–H groups in total. The first-order valence-electron chi connectivity index (χ1n) is 7.04. The second kappa shape index (κ2) is 8.20. The number of aliphatic carboxylic acids is 1. The molecular formula is C17H15NO6S. The van der Waals surface area contributed by atoms with Gasteiger partial charge in [-0.2, -0.15) is 0 Å². The Morgan fingerprint density at radius 1 is 1.16 bits per heavy atom. The molecule has 0 atom stereocenters. The molecule has 0 heterocycles. The number of methoxy groups -OCH3 is 2. The van der Waals surface area contributed by atoms with Gasteiger partial charge in [0.25, 0.3) is 5.69 Å². The second-order valence-corrected chi connectivity index (χ2v) is 5.89. The Morgan fingerprint density at radius 2 is 1.84 bits per heavy atom. The summed E-state index contributed by atoms with van der Waals surface area (Å²) in [6.07, 6.45) is 1.48. The van der Waals surface area contributed by atoms with Gasteiger partial charge < -0.3 is 14.6 Å². The van der Waals surface area contributed by atoms with Crippen LogP contribution in [0.25, 0.3) is 6.08 Å². The maximum absolute atomic E-state index is 11.5. The average Bonchev–Trinajstić information content (AvgIpc) is 2.61. The highest BCUT2D eigenvalue weighted by atomic mass is 32.2. The van der Waals surface area contributed by atoms with Crippen LogP contribution in [0.4, 0.5) is 5.69 Å². The molecule has 0 fully saturated rings. The lowest BCUT2D eigenvalue weighted by atomic mass is 10.1. The van der Waals surface area contributed by atoms with E-state index >= 15 is 0 Å². The molecule has 0 unspecified atom stereocenters. The fourth-order valence-electron chi connectivity index (χ4n) is 1.98. The van der Waals surface area contributed by atoms with Crippen molar-refractivity contribution in [3.8, 4) is 11.5 Å². The van der Waals surface area contributed by atoms with E-state index in [1.807, 2.05) is 0 Å². The first-order chi connectivity index (χ1) is 11.9. The van der Waals surface area contributed by atoms with E-state index in [9.17, 15) is 20.0 Å². The Balaban J connectivity index is 2.33. The van der Waals surface area contributed by atoms with E-state index < -0.39 is 10.9 Å². The van der Waals surface area contributed by atoms with Crippen molar-refractivity contribution >= 4 is 29.5 Å². The van der Waals surface area contributed by atoms with E-state index in [4.69, 9.17) is 9.47 Å². The van der Waals surface area contributed by atoms with Crippen LogP contribution in [-0.2, 0) is 4.79 Å². The lowest BCUT2D eigenvalue weighted by Gasteiger charge is -2.09. The van der Waals surface area contributed by atoms with Crippen molar-refractivity contribution in [2.45, 2.75) is 4.90 Å². The molecule has 0 bridgehead atoms. The molecule has 0 amide bonds. The highest BCUT2D eigenvalue weighted by Gasteiger charge is 2.13. The summed E-state index contributed by atoms with van der Waals surface area (Å²) in [4.78, 5) is 22.3. The summed E-state index contributed by atoms with van der Waals surface area (Å²) in [7, 11) is 3.01. The third-order valence-electron chi connectivity index (χ3n) is 3.21. The maximum atomic E-state index is 11.5. The van der Waals surface area contributed by atoms with Crippen LogP contribution in [0, 0.1) is 10.1 Å². The number of rotatable bonds is 7. The van der Waals surface area contributed by atoms with Gasteiger partial charge in [0.15, 0.2) is 0 Å². The average molecular weight is 361 g/mol. The standard InChI is InChI=1S/C17H15NO6S/c1-23-13-6-3-11(15(10-13)24-2)9-16(17(19)20)25-14-7-4-12(5-8-14)18(21)22/h3-10H,1-2H3,(H,19,20)/b16-9+. The van der Waals surface area contributed by atoms with Crippen LogP contribution in [0.2, 0.25) is 0 Å². The van der Waals surface area contributed by atoms with E-state index in [2.05, 4.69) is 0 Å². The Bertz CT molecular complexity index is 816. The van der Waals surface area contributed by atoms with Gasteiger partial charge >= 0.3 is 5.97 Å². The van der Waals surface area contributed by atoms with Crippen LogP contribution in [0.3, 0.4) is 0 Å². The quantitative estimate of drug-likeness (QED) is 0.346. The molecule has 2 aromatic carbocycles. The molecule has 0 radical (unpaired) electrons. The van der Waals surface area contributed by atoms with Crippen molar-refractivity contribution in [1.29, 1.82) is 0 Å². The number of carboxylic acid groups (broad SMARTS) is 1. The number of non-ortho nitro benzene ring substituents is 1. The van der Waals surface area contributed by atoms with Crippen molar-refractivity contribution in [3.05, 3.63) is 63.0 Å². The molecule has 2 aromatic rings. The van der Waals surface area contributed by atoms with Gasteiger partial charge in [0.05, 0.1) is 24.0 Å².